The van der Waals surface area contributed by atoms with Gasteiger partial charge in [0.05, 0.1) is 6.54 Å². The highest BCUT2D eigenvalue weighted by molar-refractivity contribution is 7.80. The van der Waals surface area contributed by atoms with E-state index in [0.29, 0.717) is 17.4 Å². The molecule has 0 aliphatic carbocycles. The molecule has 1 aromatic heterocycles. The standard InChI is InChI=1S/C10H9ClN4S/c11-8-3-1-7(2-4-8)5-15-6-13-10(14-15)9(12)16/h1-4,6H,5H2,(H2,12,16). The van der Waals surface area contributed by atoms with Gasteiger partial charge in [-0.2, -0.15) is 0 Å². The minimum absolute atomic E-state index is 0.204. The highest BCUT2D eigenvalue weighted by Gasteiger charge is 2.03. The highest BCUT2D eigenvalue weighted by Crippen LogP contribution is 2.10. The molecule has 6 heteroatoms. The largest absolute Gasteiger partial charge is 0.387 e. The number of halogens is 1. The van der Waals surface area contributed by atoms with Crippen LogP contribution in [0.15, 0.2) is 30.6 Å². The number of nitrogens with zero attached hydrogens (tertiary/aromatic N) is 3. The second kappa shape index (κ2) is 4.59. The van der Waals surface area contributed by atoms with Crippen molar-refractivity contribution in [2.24, 2.45) is 5.73 Å². The van der Waals surface area contributed by atoms with Gasteiger partial charge < -0.3 is 5.73 Å². The average Bonchev–Trinajstić information content (AvgIpc) is 2.70. The van der Waals surface area contributed by atoms with Gasteiger partial charge in [0.25, 0.3) is 0 Å². The molecular weight excluding hydrogens is 244 g/mol. The fraction of sp³-hybridized carbons (Fsp3) is 0.100. The smallest absolute Gasteiger partial charge is 0.208 e. The number of hydrogen-bond donors (Lipinski definition) is 1. The topological polar surface area (TPSA) is 56.7 Å². The van der Waals surface area contributed by atoms with Gasteiger partial charge in [0.2, 0.25) is 5.82 Å². The van der Waals surface area contributed by atoms with E-state index in [1.807, 2.05) is 24.3 Å². The molecule has 2 rings (SSSR count). The van der Waals surface area contributed by atoms with E-state index in [0.717, 1.165) is 5.56 Å². The van der Waals surface area contributed by atoms with Gasteiger partial charge in [0.1, 0.15) is 11.3 Å². The van der Waals surface area contributed by atoms with Crippen LogP contribution in [0, 0.1) is 0 Å². The van der Waals surface area contributed by atoms with Crippen LogP contribution in [0.4, 0.5) is 0 Å². The van der Waals surface area contributed by atoms with E-state index in [-0.39, 0.29) is 4.99 Å². The quantitative estimate of drug-likeness (QED) is 0.844. The third-order valence-electron chi connectivity index (χ3n) is 2.01. The van der Waals surface area contributed by atoms with Crippen molar-refractivity contribution in [3.63, 3.8) is 0 Å². The lowest BCUT2D eigenvalue weighted by atomic mass is 10.2. The summed E-state index contributed by atoms with van der Waals surface area (Å²) in [5, 5.41) is 4.85. The third kappa shape index (κ3) is 2.56. The predicted molar refractivity (Wildman–Crippen MR) is 66.5 cm³/mol. The molecule has 2 N–H and O–H groups in total. The molecule has 1 heterocycles. The normalized spacial score (nSPS) is 10.3. The number of aromatic nitrogens is 3. The van der Waals surface area contributed by atoms with Gasteiger partial charge in [0.15, 0.2) is 0 Å². The lowest BCUT2D eigenvalue weighted by Gasteiger charge is -2.00. The monoisotopic (exact) mass is 252 g/mol. The van der Waals surface area contributed by atoms with Crippen molar-refractivity contribution >= 4 is 28.8 Å². The van der Waals surface area contributed by atoms with Gasteiger partial charge in [-0.05, 0) is 17.7 Å². The second-order valence-corrected chi connectivity index (χ2v) is 4.13. The average molecular weight is 253 g/mol. The molecule has 0 spiro atoms. The second-order valence-electron chi connectivity index (χ2n) is 3.26. The Morgan fingerprint density at radius 2 is 2.06 bits per heavy atom. The van der Waals surface area contributed by atoms with Gasteiger partial charge in [-0.15, -0.1) is 5.10 Å². The first kappa shape index (κ1) is 11.0. The van der Waals surface area contributed by atoms with Crippen LogP contribution < -0.4 is 5.73 Å². The molecule has 0 fully saturated rings. The van der Waals surface area contributed by atoms with Crippen LogP contribution in [0.5, 0.6) is 0 Å². The van der Waals surface area contributed by atoms with Crippen LogP contribution >= 0.6 is 23.8 Å². The van der Waals surface area contributed by atoms with Crippen LogP contribution in [-0.2, 0) is 6.54 Å². The zero-order valence-corrected chi connectivity index (χ0v) is 9.87. The summed E-state index contributed by atoms with van der Waals surface area (Å²) in [6.07, 6.45) is 1.60. The summed E-state index contributed by atoms with van der Waals surface area (Å²) >= 11 is 10.6. The lowest BCUT2D eigenvalue weighted by Crippen LogP contribution is -2.12. The van der Waals surface area contributed by atoms with Gasteiger partial charge in [-0.1, -0.05) is 36.0 Å². The van der Waals surface area contributed by atoms with Crippen molar-refractivity contribution in [3.05, 3.63) is 47.0 Å². The Morgan fingerprint density at radius 3 is 2.62 bits per heavy atom. The fourth-order valence-corrected chi connectivity index (χ4v) is 1.48. The maximum Gasteiger partial charge on any atom is 0.208 e. The van der Waals surface area contributed by atoms with Crippen LogP contribution in [0.3, 0.4) is 0 Å². The van der Waals surface area contributed by atoms with Gasteiger partial charge in [0, 0.05) is 5.02 Å². The summed E-state index contributed by atoms with van der Waals surface area (Å²) in [6, 6.07) is 7.54. The fourth-order valence-electron chi connectivity index (χ4n) is 1.26. The maximum absolute atomic E-state index is 5.79. The molecule has 0 unspecified atom stereocenters. The lowest BCUT2D eigenvalue weighted by molar-refractivity contribution is 0.683. The first-order chi connectivity index (χ1) is 7.65. The summed E-state index contributed by atoms with van der Waals surface area (Å²) in [6.45, 7) is 0.618. The van der Waals surface area contributed by atoms with E-state index in [9.17, 15) is 0 Å². The molecule has 1 aromatic carbocycles. The van der Waals surface area contributed by atoms with Crippen molar-refractivity contribution in [1.29, 1.82) is 0 Å². The number of nitrogens with two attached hydrogens (primary N) is 1. The Bertz CT molecular complexity index is 506. The van der Waals surface area contributed by atoms with Gasteiger partial charge >= 0.3 is 0 Å². The van der Waals surface area contributed by atoms with E-state index in [1.165, 1.54) is 0 Å². The van der Waals surface area contributed by atoms with Crippen LogP contribution in [-0.4, -0.2) is 19.8 Å². The van der Waals surface area contributed by atoms with E-state index >= 15 is 0 Å². The molecule has 0 aliphatic heterocycles. The molecule has 4 nitrogen and oxygen atoms in total. The molecule has 0 atom stereocenters. The number of rotatable bonds is 3. The molecule has 0 aliphatic rings. The minimum atomic E-state index is 0.204. The first-order valence-electron chi connectivity index (χ1n) is 4.59. The van der Waals surface area contributed by atoms with Crippen molar-refractivity contribution in [1.82, 2.24) is 14.8 Å². The Hall–Kier alpha value is -1.46. The Morgan fingerprint density at radius 1 is 1.38 bits per heavy atom. The predicted octanol–water partition coefficient (Wildman–Crippen LogP) is 1.61. The molecule has 0 bridgehead atoms. The van der Waals surface area contributed by atoms with E-state index in [4.69, 9.17) is 29.6 Å². The molecule has 82 valence electrons. The van der Waals surface area contributed by atoms with E-state index < -0.39 is 0 Å². The highest BCUT2D eigenvalue weighted by atomic mass is 35.5. The molecule has 0 saturated carbocycles. The van der Waals surface area contributed by atoms with Gasteiger partial charge in [-0.3, -0.25) is 0 Å². The van der Waals surface area contributed by atoms with E-state index in [2.05, 4.69) is 10.1 Å². The Kier molecular flexibility index (Phi) is 3.17. The number of benzene rings is 1. The van der Waals surface area contributed by atoms with Crippen molar-refractivity contribution in [3.8, 4) is 0 Å². The SMILES string of the molecule is NC(=S)c1ncn(Cc2ccc(Cl)cc2)n1. The minimum Gasteiger partial charge on any atom is -0.387 e. The van der Waals surface area contributed by atoms with E-state index in [1.54, 1.807) is 11.0 Å². The molecule has 0 radical (unpaired) electrons. The van der Waals surface area contributed by atoms with Crippen molar-refractivity contribution in [2.75, 3.05) is 0 Å². The molecular formula is C10H9ClN4S. The summed E-state index contributed by atoms with van der Waals surface area (Å²) in [5.74, 6) is 0.393. The van der Waals surface area contributed by atoms with Crippen molar-refractivity contribution < 1.29 is 0 Å². The number of hydrogen-bond acceptors (Lipinski definition) is 3. The molecule has 16 heavy (non-hydrogen) atoms. The molecule has 0 amide bonds. The van der Waals surface area contributed by atoms with Gasteiger partial charge in [-0.25, -0.2) is 9.67 Å². The Labute approximate surface area is 103 Å². The zero-order valence-electron chi connectivity index (χ0n) is 8.30. The van der Waals surface area contributed by atoms with Crippen LogP contribution in [0.1, 0.15) is 11.4 Å². The van der Waals surface area contributed by atoms with Crippen LogP contribution in [0.2, 0.25) is 5.02 Å². The summed E-state index contributed by atoms with van der Waals surface area (Å²) in [5.41, 5.74) is 6.50. The zero-order chi connectivity index (χ0) is 11.5. The molecule has 2 aromatic rings. The summed E-state index contributed by atoms with van der Waals surface area (Å²) in [7, 11) is 0. The number of thiocarbonyl (C=S) groups is 1. The Balaban J connectivity index is 2.14. The van der Waals surface area contributed by atoms with Crippen LogP contribution in [0.25, 0.3) is 0 Å². The summed E-state index contributed by atoms with van der Waals surface area (Å²) < 4.78 is 1.68. The summed E-state index contributed by atoms with van der Waals surface area (Å²) in [4.78, 5) is 4.19. The van der Waals surface area contributed by atoms with Crippen molar-refractivity contribution in [2.45, 2.75) is 6.54 Å². The molecule has 0 saturated heterocycles. The third-order valence-corrected chi connectivity index (χ3v) is 2.45. The maximum atomic E-state index is 5.79. The first-order valence-corrected chi connectivity index (χ1v) is 5.37.